The first-order valence-electron chi connectivity index (χ1n) is 9.12. The summed E-state index contributed by atoms with van der Waals surface area (Å²) in [6.45, 7) is 6.42. The van der Waals surface area contributed by atoms with Gasteiger partial charge < -0.3 is 19.4 Å². The van der Waals surface area contributed by atoms with Gasteiger partial charge in [-0.2, -0.15) is 0 Å². The Labute approximate surface area is 177 Å². The van der Waals surface area contributed by atoms with Crippen molar-refractivity contribution in [3.05, 3.63) is 41.7 Å². The molecule has 3 aromatic rings. The molecule has 1 aromatic carbocycles. The van der Waals surface area contributed by atoms with Crippen LogP contribution in [0.1, 0.15) is 32.7 Å². The SMILES string of the molecule is CCn1c(SC(C)C(=O)Nc2nccs2)nnc1C(C)Oc1cccc(OC)c1. The summed E-state index contributed by atoms with van der Waals surface area (Å²) in [5.74, 6) is 1.99. The highest BCUT2D eigenvalue weighted by molar-refractivity contribution is 8.00. The third kappa shape index (κ3) is 5.27. The van der Waals surface area contributed by atoms with Gasteiger partial charge in [0.25, 0.3) is 0 Å². The van der Waals surface area contributed by atoms with Crippen LogP contribution in [0.4, 0.5) is 5.13 Å². The molecule has 0 aliphatic rings. The van der Waals surface area contributed by atoms with Crippen LogP contribution in [0.15, 0.2) is 41.0 Å². The Morgan fingerprint density at radius 3 is 2.79 bits per heavy atom. The molecular formula is C19H23N5O3S2. The number of carbonyl (C=O) groups excluding carboxylic acids is 1. The van der Waals surface area contributed by atoms with Crippen molar-refractivity contribution in [2.45, 2.75) is 43.8 Å². The number of aromatic nitrogens is 4. The van der Waals surface area contributed by atoms with Gasteiger partial charge in [-0.05, 0) is 32.9 Å². The van der Waals surface area contributed by atoms with E-state index in [0.717, 1.165) is 5.75 Å². The first-order chi connectivity index (χ1) is 14.0. The second kappa shape index (κ2) is 9.75. The normalized spacial score (nSPS) is 13.0. The van der Waals surface area contributed by atoms with Crippen LogP contribution in [0.2, 0.25) is 0 Å². The van der Waals surface area contributed by atoms with Gasteiger partial charge in [0.1, 0.15) is 11.5 Å². The van der Waals surface area contributed by atoms with E-state index in [1.165, 1.54) is 23.1 Å². The Morgan fingerprint density at radius 1 is 1.31 bits per heavy atom. The Morgan fingerprint density at radius 2 is 2.10 bits per heavy atom. The van der Waals surface area contributed by atoms with Crippen LogP contribution in [-0.4, -0.2) is 38.0 Å². The molecule has 3 rings (SSSR count). The standard InChI is InChI=1S/C19H23N5O3S2/c1-5-24-16(12(2)27-15-8-6-7-14(11-15)26-4)22-23-19(24)29-13(3)17(25)21-18-20-9-10-28-18/h6-13H,5H2,1-4H3,(H,20,21,25). The summed E-state index contributed by atoms with van der Waals surface area (Å²) >= 11 is 2.74. The van der Waals surface area contributed by atoms with E-state index >= 15 is 0 Å². The number of thioether (sulfide) groups is 1. The van der Waals surface area contributed by atoms with Crippen molar-refractivity contribution in [1.82, 2.24) is 19.7 Å². The first kappa shape index (κ1) is 21.1. The van der Waals surface area contributed by atoms with Gasteiger partial charge in [-0.15, -0.1) is 21.5 Å². The number of nitrogens with zero attached hydrogens (tertiary/aromatic N) is 4. The Hall–Kier alpha value is -2.59. The van der Waals surface area contributed by atoms with Crippen molar-refractivity contribution in [1.29, 1.82) is 0 Å². The van der Waals surface area contributed by atoms with Crippen molar-refractivity contribution in [2.24, 2.45) is 0 Å². The number of nitrogens with one attached hydrogen (secondary N) is 1. The fraction of sp³-hybridized carbons (Fsp3) is 0.368. The molecule has 0 radical (unpaired) electrons. The van der Waals surface area contributed by atoms with Crippen LogP contribution in [0.25, 0.3) is 0 Å². The largest absolute Gasteiger partial charge is 0.497 e. The lowest BCUT2D eigenvalue weighted by molar-refractivity contribution is -0.115. The lowest BCUT2D eigenvalue weighted by Gasteiger charge is -2.16. The summed E-state index contributed by atoms with van der Waals surface area (Å²) in [6, 6.07) is 7.42. The van der Waals surface area contributed by atoms with Gasteiger partial charge in [0.05, 0.1) is 12.4 Å². The van der Waals surface area contributed by atoms with E-state index < -0.39 is 0 Å². The molecule has 1 amide bonds. The van der Waals surface area contributed by atoms with Crippen LogP contribution in [-0.2, 0) is 11.3 Å². The van der Waals surface area contributed by atoms with Crippen molar-refractivity contribution in [2.75, 3.05) is 12.4 Å². The number of thiazole rings is 1. The lowest BCUT2D eigenvalue weighted by Crippen LogP contribution is -2.23. The molecule has 0 saturated carbocycles. The molecule has 8 nitrogen and oxygen atoms in total. The van der Waals surface area contributed by atoms with Gasteiger partial charge >= 0.3 is 0 Å². The van der Waals surface area contributed by atoms with Gasteiger partial charge in [0.2, 0.25) is 5.91 Å². The van der Waals surface area contributed by atoms with Crippen LogP contribution in [0.3, 0.4) is 0 Å². The number of hydrogen-bond acceptors (Lipinski definition) is 8. The van der Waals surface area contributed by atoms with Crippen molar-refractivity contribution >= 4 is 34.1 Å². The molecule has 2 heterocycles. The zero-order chi connectivity index (χ0) is 20.8. The third-order valence-electron chi connectivity index (χ3n) is 4.09. The summed E-state index contributed by atoms with van der Waals surface area (Å²) in [6.07, 6.45) is 1.34. The van der Waals surface area contributed by atoms with E-state index in [0.29, 0.717) is 28.4 Å². The molecule has 0 aliphatic heterocycles. The molecule has 2 atom stereocenters. The molecule has 10 heteroatoms. The number of amides is 1. The monoisotopic (exact) mass is 433 g/mol. The number of hydrogen-bond donors (Lipinski definition) is 1. The minimum Gasteiger partial charge on any atom is -0.497 e. The summed E-state index contributed by atoms with van der Waals surface area (Å²) in [5, 5.41) is 14.1. The fourth-order valence-corrected chi connectivity index (χ4v) is 4.07. The van der Waals surface area contributed by atoms with E-state index in [-0.39, 0.29) is 17.3 Å². The average Bonchev–Trinajstić information content (AvgIpc) is 3.37. The minimum atomic E-state index is -0.351. The van der Waals surface area contributed by atoms with Crippen LogP contribution in [0.5, 0.6) is 11.5 Å². The highest BCUT2D eigenvalue weighted by Gasteiger charge is 2.23. The Balaban J connectivity index is 1.69. The molecule has 0 aliphatic carbocycles. The van der Waals surface area contributed by atoms with Gasteiger partial charge in [-0.1, -0.05) is 17.8 Å². The minimum absolute atomic E-state index is 0.127. The number of rotatable bonds is 9. The number of benzene rings is 1. The van der Waals surface area contributed by atoms with E-state index in [9.17, 15) is 4.79 Å². The third-order valence-corrected chi connectivity index (χ3v) is 5.86. The van der Waals surface area contributed by atoms with E-state index in [4.69, 9.17) is 9.47 Å². The van der Waals surface area contributed by atoms with Crippen molar-refractivity contribution in [3.8, 4) is 11.5 Å². The maximum Gasteiger partial charge on any atom is 0.239 e. The average molecular weight is 434 g/mol. The van der Waals surface area contributed by atoms with E-state index in [1.807, 2.05) is 55.0 Å². The quantitative estimate of drug-likeness (QED) is 0.510. The summed E-state index contributed by atoms with van der Waals surface area (Å²) in [5.41, 5.74) is 0. The van der Waals surface area contributed by atoms with Crippen LogP contribution < -0.4 is 14.8 Å². The Bertz CT molecular complexity index is 945. The zero-order valence-electron chi connectivity index (χ0n) is 16.7. The van der Waals surface area contributed by atoms with E-state index in [1.54, 1.807) is 13.3 Å². The van der Waals surface area contributed by atoms with Crippen LogP contribution in [0, 0.1) is 0 Å². The molecule has 2 unspecified atom stereocenters. The van der Waals surface area contributed by atoms with Crippen LogP contribution >= 0.6 is 23.1 Å². The molecular weight excluding hydrogens is 410 g/mol. The maximum atomic E-state index is 12.4. The molecule has 0 spiro atoms. The molecule has 0 fully saturated rings. The molecule has 2 aromatic heterocycles. The number of ether oxygens (including phenoxy) is 2. The van der Waals surface area contributed by atoms with Crippen molar-refractivity contribution < 1.29 is 14.3 Å². The molecule has 0 saturated heterocycles. The second-order valence-corrected chi connectivity index (χ2v) is 8.31. The van der Waals surface area contributed by atoms with Gasteiger partial charge in [0.15, 0.2) is 22.2 Å². The fourth-order valence-electron chi connectivity index (χ4n) is 2.62. The van der Waals surface area contributed by atoms with Gasteiger partial charge in [-0.3, -0.25) is 4.79 Å². The summed E-state index contributed by atoms with van der Waals surface area (Å²) < 4.78 is 13.2. The molecule has 1 N–H and O–H groups in total. The predicted molar refractivity (Wildman–Crippen MR) is 114 cm³/mol. The molecule has 154 valence electrons. The van der Waals surface area contributed by atoms with Gasteiger partial charge in [-0.25, -0.2) is 4.98 Å². The maximum absolute atomic E-state index is 12.4. The topological polar surface area (TPSA) is 91.2 Å². The highest BCUT2D eigenvalue weighted by Crippen LogP contribution is 2.28. The second-order valence-electron chi connectivity index (χ2n) is 6.11. The number of anilines is 1. The van der Waals surface area contributed by atoms with E-state index in [2.05, 4.69) is 20.5 Å². The zero-order valence-corrected chi connectivity index (χ0v) is 18.3. The predicted octanol–water partition coefficient (Wildman–Crippen LogP) is 4.02. The lowest BCUT2D eigenvalue weighted by atomic mass is 10.3. The Kier molecular flexibility index (Phi) is 7.10. The molecule has 29 heavy (non-hydrogen) atoms. The smallest absolute Gasteiger partial charge is 0.239 e. The number of methoxy groups -OCH3 is 1. The summed E-state index contributed by atoms with van der Waals surface area (Å²) in [7, 11) is 1.62. The first-order valence-corrected chi connectivity index (χ1v) is 10.9. The number of carbonyl (C=O) groups is 1. The van der Waals surface area contributed by atoms with Crippen molar-refractivity contribution in [3.63, 3.8) is 0 Å². The highest BCUT2D eigenvalue weighted by atomic mass is 32.2. The van der Waals surface area contributed by atoms with Gasteiger partial charge in [0, 0.05) is 24.2 Å². The summed E-state index contributed by atoms with van der Waals surface area (Å²) in [4.78, 5) is 16.5. The molecule has 0 bridgehead atoms.